The fourth-order valence-electron chi connectivity index (χ4n) is 3.37. The summed E-state index contributed by atoms with van der Waals surface area (Å²) in [4.78, 5) is 25.8. The molecule has 0 spiro atoms. The van der Waals surface area contributed by atoms with Crippen LogP contribution in [0.3, 0.4) is 0 Å². The molecular formula is C20H24O5. The number of Topliss-reactive ketones (excluding diaryl/α,β-unsaturated/α-hetero) is 1. The van der Waals surface area contributed by atoms with Gasteiger partial charge in [0.25, 0.3) is 5.60 Å². The first-order valence-electron chi connectivity index (χ1n) is 8.62. The van der Waals surface area contributed by atoms with Crippen LogP contribution in [0.15, 0.2) is 42.2 Å². The molecule has 2 aliphatic rings. The fourth-order valence-corrected chi connectivity index (χ4v) is 3.37. The third-order valence-corrected chi connectivity index (χ3v) is 4.41. The van der Waals surface area contributed by atoms with E-state index in [-0.39, 0.29) is 18.0 Å². The molecule has 3 rings (SSSR count). The van der Waals surface area contributed by atoms with E-state index in [9.17, 15) is 9.59 Å². The Kier molecular flexibility index (Phi) is 4.23. The van der Waals surface area contributed by atoms with Gasteiger partial charge in [0, 0.05) is 6.42 Å². The highest BCUT2D eigenvalue weighted by Gasteiger charge is 2.65. The summed E-state index contributed by atoms with van der Waals surface area (Å²) in [6.07, 6.45) is 2.47. The number of hydrogen-bond donors (Lipinski definition) is 0. The zero-order valence-electron chi connectivity index (χ0n) is 15.1. The maximum Gasteiger partial charge on any atom is 0.354 e. The van der Waals surface area contributed by atoms with Crippen molar-refractivity contribution >= 4 is 11.8 Å². The number of hydrogen-bond acceptors (Lipinski definition) is 5. The van der Waals surface area contributed by atoms with Gasteiger partial charge in [0.15, 0.2) is 5.78 Å². The minimum Gasteiger partial charge on any atom is -0.494 e. The Morgan fingerprint density at radius 1 is 1.24 bits per heavy atom. The van der Waals surface area contributed by atoms with E-state index < -0.39 is 22.8 Å². The van der Waals surface area contributed by atoms with Crippen LogP contribution in [0.25, 0.3) is 0 Å². The summed E-state index contributed by atoms with van der Waals surface area (Å²) in [6.45, 7) is 7.43. The van der Waals surface area contributed by atoms with Crippen LogP contribution >= 0.6 is 0 Å². The highest BCUT2D eigenvalue weighted by Crippen LogP contribution is 2.52. The smallest absolute Gasteiger partial charge is 0.354 e. The first-order chi connectivity index (χ1) is 11.7. The number of esters is 1. The van der Waals surface area contributed by atoms with Crippen molar-refractivity contribution in [1.82, 2.24) is 0 Å². The molecule has 1 aromatic carbocycles. The minimum absolute atomic E-state index is 0.223. The first-order valence-corrected chi connectivity index (χ1v) is 8.62. The summed E-state index contributed by atoms with van der Waals surface area (Å²) >= 11 is 0. The van der Waals surface area contributed by atoms with Crippen LogP contribution < -0.4 is 0 Å². The highest BCUT2D eigenvalue weighted by molar-refractivity contribution is 6.11. The van der Waals surface area contributed by atoms with Gasteiger partial charge in [-0.05, 0) is 45.8 Å². The maximum absolute atomic E-state index is 13.0. The second-order valence-electron chi connectivity index (χ2n) is 7.41. The molecule has 0 aliphatic carbocycles. The summed E-state index contributed by atoms with van der Waals surface area (Å²) < 4.78 is 17.4. The fraction of sp³-hybridized carbons (Fsp3) is 0.500. The van der Waals surface area contributed by atoms with E-state index in [1.54, 1.807) is 26.8 Å². The maximum atomic E-state index is 13.0. The lowest BCUT2D eigenvalue weighted by atomic mass is 9.85. The summed E-state index contributed by atoms with van der Waals surface area (Å²) in [5.74, 6) is -0.775. The summed E-state index contributed by atoms with van der Waals surface area (Å²) in [5, 5.41) is 0. The van der Waals surface area contributed by atoms with E-state index in [1.165, 1.54) is 0 Å². The zero-order valence-corrected chi connectivity index (χ0v) is 15.1. The van der Waals surface area contributed by atoms with E-state index in [4.69, 9.17) is 14.2 Å². The lowest BCUT2D eigenvalue weighted by Gasteiger charge is -2.39. The quantitative estimate of drug-likeness (QED) is 0.620. The third-order valence-electron chi connectivity index (χ3n) is 4.41. The Hall–Kier alpha value is -2.14. The van der Waals surface area contributed by atoms with Crippen molar-refractivity contribution in [2.24, 2.45) is 0 Å². The molecule has 0 amide bonds. The Labute approximate surface area is 148 Å². The topological polar surface area (TPSA) is 61.8 Å². The molecule has 0 N–H and O–H groups in total. The van der Waals surface area contributed by atoms with Crippen molar-refractivity contribution in [3.8, 4) is 0 Å². The molecule has 2 unspecified atom stereocenters. The Balaban J connectivity index is 2.09. The van der Waals surface area contributed by atoms with Crippen molar-refractivity contribution in [3.05, 3.63) is 47.7 Å². The van der Waals surface area contributed by atoms with Crippen molar-refractivity contribution < 1.29 is 23.8 Å². The van der Waals surface area contributed by atoms with Crippen LogP contribution in [0, 0.1) is 0 Å². The van der Waals surface area contributed by atoms with Crippen LogP contribution in [0.4, 0.5) is 0 Å². The highest BCUT2D eigenvalue weighted by atomic mass is 16.6. The predicted molar refractivity (Wildman–Crippen MR) is 91.7 cm³/mol. The molecule has 2 bridgehead atoms. The first kappa shape index (κ1) is 17.7. The molecule has 0 saturated carbocycles. The number of fused-ring (bicyclic) bond motifs is 2. The van der Waals surface area contributed by atoms with Crippen molar-refractivity contribution in [2.45, 2.75) is 57.3 Å². The summed E-state index contributed by atoms with van der Waals surface area (Å²) in [5.41, 5.74) is -2.50. The lowest BCUT2D eigenvalue weighted by Crippen LogP contribution is -2.56. The van der Waals surface area contributed by atoms with Crippen LogP contribution in [-0.4, -0.2) is 29.6 Å². The molecule has 0 radical (unpaired) electrons. The molecule has 5 heteroatoms. The van der Waals surface area contributed by atoms with Crippen LogP contribution in [0.1, 0.15) is 46.1 Å². The van der Waals surface area contributed by atoms with E-state index in [0.29, 0.717) is 13.0 Å². The van der Waals surface area contributed by atoms with Crippen LogP contribution in [0.5, 0.6) is 0 Å². The van der Waals surface area contributed by atoms with Gasteiger partial charge >= 0.3 is 5.97 Å². The number of benzene rings is 1. The number of ketones is 1. The molecule has 2 atom stereocenters. The standard InChI is InChI=1S/C20H24O5/c1-5-23-16-13-19(14-9-7-6-8-10-14)12-11-15(21)20(16,25-19)17(22)24-18(2,3)4/h6-10,13H,5,11-12H2,1-4H3. The number of rotatable bonds is 4. The second kappa shape index (κ2) is 5.99. The van der Waals surface area contributed by atoms with E-state index in [2.05, 4.69) is 0 Å². The zero-order chi connectivity index (χ0) is 18.3. The molecular weight excluding hydrogens is 320 g/mol. The predicted octanol–water partition coefficient (Wildman–Crippen LogP) is 3.28. The molecule has 1 saturated heterocycles. The monoisotopic (exact) mass is 344 g/mol. The second-order valence-corrected chi connectivity index (χ2v) is 7.41. The normalized spacial score (nSPS) is 28.5. The number of carbonyl (C=O) groups excluding carboxylic acids is 2. The molecule has 0 aromatic heterocycles. The number of ether oxygens (including phenoxy) is 3. The van der Waals surface area contributed by atoms with Crippen molar-refractivity contribution in [3.63, 3.8) is 0 Å². The molecule has 134 valence electrons. The molecule has 2 aliphatic heterocycles. The van der Waals surface area contributed by atoms with E-state index in [0.717, 1.165) is 5.56 Å². The number of carbonyl (C=O) groups is 2. The van der Waals surface area contributed by atoms with Gasteiger partial charge in [-0.3, -0.25) is 4.79 Å². The van der Waals surface area contributed by atoms with Gasteiger partial charge < -0.3 is 14.2 Å². The molecule has 5 nitrogen and oxygen atoms in total. The van der Waals surface area contributed by atoms with Gasteiger partial charge in [0.1, 0.15) is 17.0 Å². The van der Waals surface area contributed by atoms with Crippen LogP contribution in [-0.2, 0) is 29.4 Å². The van der Waals surface area contributed by atoms with E-state index in [1.807, 2.05) is 37.3 Å². The van der Waals surface area contributed by atoms with Gasteiger partial charge in [0.05, 0.1) is 6.61 Å². The molecule has 1 fully saturated rings. The van der Waals surface area contributed by atoms with E-state index >= 15 is 0 Å². The summed E-state index contributed by atoms with van der Waals surface area (Å²) in [7, 11) is 0. The van der Waals surface area contributed by atoms with Crippen molar-refractivity contribution in [2.75, 3.05) is 6.61 Å². The Morgan fingerprint density at radius 3 is 2.52 bits per heavy atom. The van der Waals surface area contributed by atoms with Crippen molar-refractivity contribution in [1.29, 1.82) is 0 Å². The van der Waals surface area contributed by atoms with Gasteiger partial charge in [-0.25, -0.2) is 4.79 Å². The molecule has 2 heterocycles. The Bertz CT molecular complexity index is 715. The van der Waals surface area contributed by atoms with Gasteiger partial charge in [0.2, 0.25) is 0 Å². The van der Waals surface area contributed by atoms with Crippen LogP contribution in [0.2, 0.25) is 0 Å². The van der Waals surface area contributed by atoms with Gasteiger partial charge in [-0.15, -0.1) is 0 Å². The largest absolute Gasteiger partial charge is 0.494 e. The Morgan fingerprint density at radius 2 is 1.92 bits per heavy atom. The average Bonchev–Trinajstić information content (AvgIpc) is 2.84. The third kappa shape index (κ3) is 2.86. The molecule has 25 heavy (non-hydrogen) atoms. The average molecular weight is 344 g/mol. The van der Waals surface area contributed by atoms with Gasteiger partial charge in [-0.2, -0.15) is 0 Å². The molecule has 1 aromatic rings. The SMILES string of the molecule is CCOC1=CC2(c3ccccc3)CCC(=O)C1(C(=O)OC(C)(C)C)O2. The summed E-state index contributed by atoms with van der Waals surface area (Å²) in [6, 6.07) is 9.59. The lowest BCUT2D eigenvalue weighted by molar-refractivity contribution is -0.202. The minimum atomic E-state index is -1.81. The van der Waals surface area contributed by atoms with Gasteiger partial charge in [-0.1, -0.05) is 30.3 Å².